The van der Waals surface area contributed by atoms with E-state index in [-0.39, 0.29) is 25.4 Å². The van der Waals surface area contributed by atoms with Crippen molar-refractivity contribution in [2.45, 2.75) is 19.4 Å². The van der Waals surface area contributed by atoms with Crippen molar-refractivity contribution in [2.75, 3.05) is 13.2 Å². The van der Waals surface area contributed by atoms with E-state index in [1.54, 1.807) is 6.92 Å². The molecule has 1 rings (SSSR count). The van der Waals surface area contributed by atoms with Gasteiger partial charge in [0.05, 0.1) is 18.1 Å². The molecule has 20 heavy (non-hydrogen) atoms. The number of carbonyl (C=O) groups excluding carboxylic acids is 1. The number of nitro benzene ring substituents is 1. The smallest absolute Gasteiger partial charge is 0.323 e. The Balaban J connectivity index is 2.48. The molecule has 0 amide bonds. The molecule has 0 aliphatic carbocycles. The fourth-order valence-electron chi connectivity index (χ4n) is 1.40. The van der Waals surface area contributed by atoms with Crippen molar-refractivity contribution in [3.63, 3.8) is 0 Å². The van der Waals surface area contributed by atoms with Gasteiger partial charge in [0.15, 0.2) is 0 Å². The molecular weight excluding hydrogens is 271 g/mol. The molecule has 8 heteroatoms. The highest BCUT2D eigenvalue weighted by Crippen LogP contribution is 2.22. The molecule has 0 aliphatic rings. The van der Waals surface area contributed by atoms with Gasteiger partial charge in [0.25, 0.3) is 0 Å². The molecule has 1 unspecified atom stereocenters. The molecule has 0 aliphatic heterocycles. The van der Waals surface area contributed by atoms with Gasteiger partial charge in [-0.15, -0.1) is 0 Å². The number of benzene rings is 1. The van der Waals surface area contributed by atoms with E-state index in [0.717, 1.165) is 12.1 Å². The number of carbonyl (C=O) groups is 1. The molecule has 7 nitrogen and oxygen atoms in total. The SMILES string of the molecule is CCOC(=O)C(N)CCOc1ccc([N+](=O)[O-])c(F)c1. The first-order valence-corrected chi connectivity index (χ1v) is 5.94. The third kappa shape index (κ3) is 4.47. The lowest BCUT2D eigenvalue weighted by Crippen LogP contribution is -2.33. The summed E-state index contributed by atoms with van der Waals surface area (Å²) in [6, 6.07) is 2.37. The van der Waals surface area contributed by atoms with Crippen LogP contribution < -0.4 is 10.5 Å². The van der Waals surface area contributed by atoms with Gasteiger partial charge in [-0.1, -0.05) is 0 Å². The first-order chi connectivity index (χ1) is 9.45. The number of rotatable bonds is 7. The van der Waals surface area contributed by atoms with Crippen molar-refractivity contribution in [1.29, 1.82) is 0 Å². The second-order valence-corrected chi connectivity index (χ2v) is 3.87. The van der Waals surface area contributed by atoms with Crippen molar-refractivity contribution >= 4 is 11.7 Å². The van der Waals surface area contributed by atoms with Gasteiger partial charge in [0, 0.05) is 18.6 Å². The van der Waals surface area contributed by atoms with E-state index >= 15 is 0 Å². The third-order valence-corrected chi connectivity index (χ3v) is 2.40. The largest absolute Gasteiger partial charge is 0.493 e. The number of esters is 1. The summed E-state index contributed by atoms with van der Waals surface area (Å²) in [5.41, 5.74) is 4.92. The minimum absolute atomic E-state index is 0.0667. The van der Waals surface area contributed by atoms with Crippen LogP contribution in [0.5, 0.6) is 5.75 Å². The minimum atomic E-state index is -0.984. The molecule has 1 aromatic rings. The molecule has 0 bridgehead atoms. The maximum atomic E-state index is 13.3. The Kier molecular flexibility index (Phi) is 5.85. The lowest BCUT2D eigenvalue weighted by Gasteiger charge is -2.11. The van der Waals surface area contributed by atoms with Crippen LogP contribution in [0.2, 0.25) is 0 Å². The first-order valence-electron chi connectivity index (χ1n) is 5.94. The van der Waals surface area contributed by atoms with Gasteiger partial charge in [0.2, 0.25) is 5.82 Å². The monoisotopic (exact) mass is 286 g/mol. The molecule has 0 radical (unpaired) electrons. The molecular formula is C12H15FN2O5. The molecule has 1 atom stereocenters. The van der Waals surface area contributed by atoms with Crippen LogP contribution in [0.3, 0.4) is 0 Å². The van der Waals surface area contributed by atoms with E-state index < -0.39 is 28.4 Å². The summed E-state index contributed by atoms with van der Waals surface area (Å²) in [7, 11) is 0. The zero-order chi connectivity index (χ0) is 15.1. The Morgan fingerprint density at radius 1 is 1.55 bits per heavy atom. The van der Waals surface area contributed by atoms with Gasteiger partial charge in [-0.3, -0.25) is 14.9 Å². The average molecular weight is 286 g/mol. The van der Waals surface area contributed by atoms with Crippen LogP contribution in [-0.2, 0) is 9.53 Å². The number of hydrogen-bond acceptors (Lipinski definition) is 6. The zero-order valence-corrected chi connectivity index (χ0v) is 10.9. The summed E-state index contributed by atoms with van der Waals surface area (Å²) in [6.07, 6.45) is 0.192. The predicted molar refractivity (Wildman–Crippen MR) is 67.8 cm³/mol. The van der Waals surface area contributed by atoms with Gasteiger partial charge in [-0.2, -0.15) is 4.39 Å². The highest BCUT2D eigenvalue weighted by molar-refractivity contribution is 5.75. The Labute approximate surface area is 114 Å². The first kappa shape index (κ1) is 15.8. The van der Waals surface area contributed by atoms with Crippen LogP contribution >= 0.6 is 0 Å². The molecule has 0 aromatic heterocycles. The van der Waals surface area contributed by atoms with E-state index in [0.29, 0.717) is 0 Å². The number of hydrogen-bond donors (Lipinski definition) is 1. The fourth-order valence-corrected chi connectivity index (χ4v) is 1.40. The zero-order valence-electron chi connectivity index (χ0n) is 10.9. The van der Waals surface area contributed by atoms with E-state index in [1.165, 1.54) is 6.07 Å². The summed E-state index contributed by atoms with van der Waals surface area (Å²) < 4.78 is 23.2. The Morgan fingerprint density at radius 2 is 2.25 bits per heavy atom. The maximum Gasteiger partial charge on any atom is 0.323 e. The van der Waals surface area contributed by atoms with Crippen LogP contribution in [0.15, 0.2) is 18.2 Å². The average Bonchev–Trinajstić information content (AvgIpc) is 2.38. The lowest BCUT2D eigenvalue weighted by molar-refractivity contribution is -0.387. The van der Waals surface area contributed by atoms with Gasteiger partial charge in [-0.25, -0.2) is 0 Å². The Morgan fingerprint density at radius 3 is 2.80 bits per heavy atom. The van der Waals surface area contributed by atoms with Crippen LogP contribution in [0.25, 0.3) is 0 Å². The summed E-state index contributed by atoms with van der Waals surface area (Å²) in [6.45, 7) is 1.97. The normalized spacial score (nSPS) is 11.8. The molecule has 2 N–H and O–H groups in total. The van der Waals surface area contributed by atoms with Gasteiger partial charge in [0.1, 0.15) is 11.8 Å². The van der Waals surface area contributed by atoms with E-state index in [2.05, 4.69) is 0 Å². The highest BCUT2D eigenvalue weighted by Gasteiger charge is 2.16. The van der Waals surface area contributed by atoms with Crippen molar-refractivity contribution in [3.8, 4) is 5.75 Å². The van der Waals surface area contributed by atoms with Crippen LogP contribution in [-0.4, -0.2) is 30.1 Å². The fraction of sp³-hybridized carbons (Fsp3) is 0.417. The number of nitrogens with zero attached hydrogens (tertiary/aromatic N) is 1. The summed E-state index contributed by atoms with van der Waals surface area (Å²) in [5, 5.41) is 10.4. The number of nitrogens with two attached hydrogens (primary N) is 1. The summed E-state index contributed by atoms with van der Waals surface area (Å²) in [5.74, 6) is -1.39. The molecule has 110 valence electrons. The summed E-state index contributed by atoms with van der Waals surface area (Å²) in [4.78, 5) is 20.8. The van der Waals surface area contributed by atoms with Gasteiger partial charge >= 0.3 is 11.7 Å². The number of nitro groups is 1. The molecule has 0 heterocycles. The molecule has 1 aromatic carbocycles. The van der Waals surface area contributed by atoms with E-state index in [1.807, 2.05) is 0 Å². The second-order valence-electron chi connectivity index (χ2n) is 3.87. The molecule has 0 fully saturated rings. The van der Waals surface area contributed by atoms with E-state index in [4.69, 9.17) is 15.2 Å². The van der Waals surface area contributed by atoms with Crippen molar-refractivity contribution in [1.82, 2.24) is 0 Å². The Bertz CT molecular complexity index is 495. The minimum Gasteiger partial charge on any atom is -0.493 e. The summed E-state index contributed by atoms with van der Waals surface area (Å²) >= 11 is 0. The van der Waals surface area contributed by atoms with Crippen LogP contribution in [0.1, 0.15) is 13.3 Å². The highest BCUT2D eigenvalue weighted by atomic mass is 19.1. The van der Waals surface area contributed by atoms with Crippen LogP contribution in [0.4, 0.5) is 10.1 Å². The predicted octanol–water partition coefficient (Wildman–Crippen LogP) is 1.39. The molecule has 0 spiro atoms. The lowest BCUT2D eigenvalue weighted by atomic mass is 10.2. The topological polar surface area (TPSA) is 105 Å². The van der Waals surface area contributed by atoms with Crippen molar-refractivity contribution in [3.05, 3.63) is 34.1 Å². The molecule has 0 saturated heterocycles. The number of ether oxygens (including phenoxy) is 2. The Hall–Kier alpha value is -2.22. The van der Waals surface area contributed by atoms with Gasteiger partial charge < -0.3 is 15.2 Å². The van der Waals surface area contributed by atoms with Crippen LogP contribution in [0, 0.1) is 15.9 Å². The molecule has 0 saturated carbocycles. The quantitative estimate of drug-likeness (QED) is 0.461. The van der Waals surface area contributed by atoms with Crippen molar-refractivity contribution in [2.24, 2.45) is 5.73 Å². The standard InChI is InChI=1S/C12H15FN2O5/c1-2-19-12(16)10(14)5-6-20-8-3-4-11(15(17)18)9(13)7-8/h3-4,7,10H,2,5-6,14H2,1H3. The van der Waals surface area contributed by atoms with E-state index in [9.17, 15) is 19.3 Å². The maximum absolute atomic E-state index is 13.3. The number of halogens is 1. The van der Waals surface area contributed by atoms with Crippen molar-refractivity contribution < 1.29 is 23.6 Å². The second kappa shape index (κ2) is 7.39. The van der Waals surface area contributed by atoms with Gasteiger partial charge in [-0.05, 0) is 13.0 Å². The third-order valence-electron chi connectivity index (χ3n) is 2.40.